The fourth-order valence-corrected chi connectivity index (χ4v) is 16.7. The zero-order chi connectivity index (χ0) is 97.0. The second-order valence-electron chi connectivity index (χ2n) is 34.9. The van der Waals surface area contributed by atoms with Crippen LogP contribution in [0.15, 0.2) is 102 Å². The van der Waals surface area contributed by atoms with E-state index in [2.05, 4.69) is 116 Å². The van der Waals surface area contributed by atoms with Gasteiger partial charge in [-0.3, -0.25) is 48.9 Å². The van der Waals surface area contributed by atoms with Gasteiger partial charge in [-0.05, 0) is 336 Å². The van der Waals surface area contributed by atoms with Gasteiger partial charge in [-0.1, -0.05) is 68.4 Å². The van der Waals surface area contributed by atoms with Crippen LogP contribution < -0.4 is 22.1 Å². The molecular weight excluding hydrogens is 1800 g/mol. The molecule has 0 unspecified atom stereocenters. The first-order valence-corrected chi connectivity index (χ1v) is 50.1. The second-order valence-corrected chi connectivity index (χ2v) is 35.6. The molecule has 1 amide bonds. The molecule has 0 saturated heterocycles. The smallest absolute Gasteiger partial charge is 0.322 e. The van der Waals surface area contributed by atoms with E-state index >= 15 is 0 Å². The average molecular weight is 1960 g/mol. The molecule has 5 aliphatic rings. The molecule has 0 aliphatic heterocycles. The summed E-state index contributed by atoms with van der Waals surface area (Å²) in [7, 11) is 12.6. The van der Waals surface area contributed by atoms with E-state index in [1.165, 1.54) is 209 Å². The number of amides is 1. The number of halogens is 2. The fraction of sp³-hybridized carbons (Fsp3) is 0.623. The first kappa shape index (κ1) is 119. The van der Waals surface area contributed by atoms with Gasteiger partial charge in [-0.2, -0.15) is 0 Å². The van der Waals surface area contributed by atoms with Crippen LogP contribution in [-0.4, -0.2) is 242 Å². The standard InChI is InChI=1S/C22H36N2O3.C21H35N3O3.C16H24N2O2.C16H26N2O.C13H17NO2.C9H6BrN.C6H10O3.C3H9NO.ClH/c1-18(22(25)27-3)13-15-24(16-17-26-2)14-7-6-9-20-12-11-19-8-4-5-10-21(19)23-20;1-26-16-15-24(14-12-19(22)21(25)27-2)13-6-5-8-18-11-10-17-7-3-4-9-20(17)23-18;1-20-12-11-17-16(19)8-4-6-14-10-9-13-5-2-3-7-15(13)18-14;1-19-13-12-17-11-5-4-7-15-10-9-14-6-2-3-8-16(14)18-15;15-13(16)7-3-5-11-9-8-10-4-1-2-6-12(10)14-11;10-9-8-4-2-1-3-7(8)5-6-11-9;1-5(3-4-7)6(8)9-2;1-5-3-2-4;/h11-12,18H,4-10,13-17H2,1-3H3;10-11,19H,3-9,12-16,22H2,1-2H3;9-10H,2-8,11-12H2,1H3,(H,17,19);9-10,17H,2-8,11-13H2,1H3;8-9H,1-7H2,(H,15,16);1-6H;4-5H,3H2,1-2H3;2-4H2,1H3;1H/t18-;19-;;;;;5-;;/m00....0../s1. The summed E-state index contributed by atoms with van der Waals surface area (Å²) in [4.78, 5) is 98.1. The number of fused-ring (bicyclic) bond motifs is 6. The van der Waals surface area contributed by atoms with Crippen LogP contribution >= 0.6 is 28.3 Å². The predicted octanol–water partition coefficient (Wildman–Crippen LogP) is 15.9. The van der Waals surface area contributed by atoms with E-state index in [4.69, 9.17) is 64.9 Å². The minimum Gasteiger partial charge on any atom is -0.481 e. The molecule has 0 fully saturated rings. The van der Waals surface area contributed by atoms with Crippen LogP contribution in [0.2, 0.25) is 0 Å². The number of aldehydes is 1. The lowest BCUT2D eigenvalue weighted by Gasteiger charge is -2.23. The first-order valence-electron chi connectivity index (χ1n) is 49.3. The van der Waals surface area contributed by atoms with E-state index in [0.717, 1.165) is 190 Å². The number of pyridine rings is 6. The first-order chi connectivity index (χ1) is 65.2. The molecule has 12 rings (SSSR count). The van der Waals surface area contributed by atoms with Crippen LogP contribution in [0.1, 0.15) is 246 Å². The monoisotopic (exact) mass is 1960 g/mol. The lowest BCUT2D eigenvalue weighted by molar-refractivity contribution is -0.146. The molecule has 27 nitrogen and oxygen atoms in total. The minimum atomic E-state index is -0.724. The van der Waals surface area contributed by atoms with Crippen LogP contribution in [0.4, 0.5) is 0 Å². The fourth-order valence-electron chi connectivity index (χ4n) is 16.2. The number of nitrogens with two attached hydrogens (primary N) is 2. The third-order valence-electron chi connectivity index (χ3n) is 24.3. The quantitative estimate of drug-likeness (QED) is 0.00777. The molecule has 752 valence electrons. The number of carbonyl (C=O) groups is 6. The van der Waals surface area contributed by atoms with E-state index in [9.17, 15) is 28.8 Å². The Morgan fingerprint density at radius 2 is 0.807 bits per heavy atom. The molecule has 29 heteroatoms. The maximum Gasteiger partial charge on any atom is 0.322 e. The highest BCUT2D eigenvalue weighted by Crippen LogP contribution is 2.27. The van der Waals surface area contributed by atoms with Gasteiger partial charge in [0.1, 0.15) is 16.9 Å². The topological polar surface area (TPSA) is 356 Å². The van der Waals surface area contributed by atoms with Gasteiger partial charge in [-0.15, -0.1) is 12.4 Å². The van der Waals surface area contributed by atoms with Crippen LogP contribution in [0.5, 0.6) is 0 Å². The van der Waals surface area contributed by atoms with E-state index in [1.807, 2.05) is 37.3 Å². The Balaban J connectivity index is 0.000000333. The Kier molecular flexibility index (Phi) is 66.0. The molecule has 0 radical (unpaired) electrons. The number of benzene rings is 1. The SMILES string of the molecule is Brc1nccc2ccccc12.COC(=O)[C@@H](C)CC=O.COCCN.COCCN(CCCCc1ccc2c(n1)CCCC2)CC[C@H](C)C(=O)OC.COCCN(CCCCc1ccc2c(n1)CCCC2)CC[C@H](N)C(=O)OC.COCCNC(=O)CCCc1ccc2c(n1)CCCC2.COCCNCCCCc1ccc2c(n1)CCCC2.Cl.O=C(O)CCCc1ccc2c(n1)CCCC2. The number of hydrogen-bond donors (Lipinski definition) is 5. The third kappa shape index (κ3) is 51.3. The molecule has 7 N–H and O–H groups in total. The van der Waals surface area contributed by atoms with Crippen LogP contribution in [0, 0.1) is 11.8 Å². The number of ether oxygens (including phenoxy) is 8. The number of carbonyl (C=O) groups excluding carboxylic acids is 5. The molecule has 135 heavy (non-hydrogen) atoms. The second kappa shape index (κ2) is 74.8. The van der Waals surface area contributed by atoms with Crippen molar-refractivity contribution in [3.05, 3.63) is 187 Å². The number of nitrogens with zero attached hydrogens (tertiary/aromatic N) is 8. The Labute approximate surface area is 821 Å². The number of carboxylic acids is 1. The van der Waals surface area contributed by atoms with Gasteiger partial charge in [0.2, 0.25) is 5.91 Å². The lowest BCUT2D eigenvalue weighted by atomic mass is 9.95. The number of carboxylic acid groups (broad SMARTS) is 1. The van der Waals surface area contributed by atoms with Crippen molar-refractivity contribution in [2.24, 2.45) is 23.3 Å². The third-order valence-corrected chi connectivity index (χ3v) is 24.9. The average Bonchev–Trinajstić information content (AvgIpc) is 0.829. The molecule has 0 saturated carbocycles. The van der Waals surface area contributed by atoms with Crippen molar-refractivity contribution in [2.45, 2.75) is 264 Å². The molecule has 6 heterocycles. The van der Waals surface area contributed by atoms with E-state index in [0.29, 0.717) is 58.5 Å². The van der Waals surface area contributed by atoms with Crippen LogP contribution in [0.25, 0.3) is 10.8 Å². The predicted molar refractivity (Wildman–Crippen MR) is 543 cm³/mol. The number of nitrogens with one attached hydrogen (secondary N) is 2. The number of aryl methyl sites for hydroxylation is 15. The number of methoxy groups -OCH3 is 8. The Morgan fingerprint density at radius 3 is 1.19 bits per heavy atom. The van der Waals surface area contributed by atoms with Gasteiger partial charge in [0, 0.05) is 163 Å². The van der Waals surface area contributed by atoms with Crippen LogP contribution in [0.3, 0.4) is 0 Å². The summed E-state index contributed by atoms with van der Waals surface area (Å²) in [5.74, 6) is -1.78. The number of aromatic nitrogens is 6. The molecule has 3 atom stereocenters. The number of hydrogen-bond acceptors (Lipinski definition) is 25. The zero-order valence-corrected chi connectivity index (χ0v) is 85.6. The molecule has 5 aliphatic carbocycles. The summed E-state index contributed by atoms with van der Waals surface area (Å²) in [6, 6.07) is 31.6. The van der Waals surface area contributed by atoms with E-state index in [-0.39, 0.29) is 60.9 Å². The maximum absolute atomic E-state index is 11.6. The summed E-state index contributed by atoms with van der Waals surface area (Å²) >= 11 is 3.39. The normalized spacial score (nSPS) is 13.7. The highest BCUT2D eigenvalue weighted by Gasteiger charge is 2.21. The van der Waals surface area contributed by atoms with Crippen molar-refractivity contribution in [1.29, 1.82) is 0 Å². The molecule has 1 aromatic carbocycles. The summed E-state index contributed by atoms with van der Waals surface area (Å²) in [6.07, 6.45) is 42.7. The summed E-state index contributed by atoms with van der Waals surface area (Å²) in [5, 5.41) is 17.2. The highest BCUT2D eigenvalue weighted by molar-refractivity contribution is 9.10. The Morgan fingerprint density at radius 1 is 0.430 bits per heavy atom. The Hall–Kier alpha value is -8.23. The molecular formula is C106H164BrClN12O15. The summed E-state index contributed by atoms with van der Waals surface area (Å²) in [6.45, 7) is 15.7. The van der Waals surface area contributed by atoms with Crippen molar-refractivity contribution in [3.8, 4) is 0 Å². The molecule has 7 aromatic rings. The minimum absolute atomic E-state index is 0. The number of rotatable bonds is 48. The van der Waals surface area contributed by atoms with E-state index in [1.54, 1.807) is 48.7 Å². The number of esters is 3. The maximum atomic E-state index is 11.6. The van der Waals surface area contributed by atoms with Crippen molar-refractivity contribution >= 4 is 75.2 Å². The number of aliphatic carboxylic acids is 1. The van der Waals surface area contributed by atoms with Crippen molar-refractivity contribution in [1.82, 2.24) is 50.3 Å². The zero-order valence-electron chi connectivity index (χ0n) is 83.2. The van der Waals surface area contributed by atoms with Crippen molar-refractivity contribution in [2.75, 3.05) is 155 Å². The molecule has 6 aromatic heterocycles. The van der Waals surface area contributed by atoms with Gasteiger partial charge in [0.25, 0.3) is 0 Å². The van der Waals surface area contributed by atoms with E-state index < -0.39 is 12.0 Å². The number of unbranched alkanes of at least 4 members (excludes halogenated alkanes) is 3. The van der Waals surface area contributed by atoms with Crippen molar-refractivity contribution in [3.63, 3.8) is 0 Å². The van der Waals surface area contributed by atoms with Crippen LogP contribution in [-0.2, 0) is 163 Å². The van der Waals surface area contributed by atoms with Gasteiger partial charge in [0.05, 0.1) is 66.2 Å². The largest absolute Gasteiger partial charge is 0.481 e. The van der Waals surface area contributed by atoms with Crippen molar-refractivity contribution < 1.29 is 71.8 Å². The van der Waals surface area contributed by atoms with Gasteiger partial charge >= 0.3 is 23.9 Å². The highest BCUT2D eigenvalue weighted by atomic mass is 79.9. The van der Waals surface area contributed by atoms with Gasteiger partial charge in [-0.25, -0.2) is 4.98 Å². The molecule has 0 bridgehead atoms. The van der Waals surface area contributed by atoms with Gasteiger partial charge < -0.3 is 79.7 Å². The Bertz CT molecular complexity index is 4310. The summed E-state index contributed by atoms with van der Waals surface area (Å²) < 4.78 is 39.7. The summed E-state index contributed by atoms with van der Waals surface area (Å²) in [5.41, 5.74) is 30.5. The molecule has 0 spiro atoms. The van der Waals surface area contributed by atoms with Gasteiger partial charge in [0.15, 0.2) is 0 Å². The lowest BCUT2D eigenvalue weighted by Crippen LogP contribution is -2.37.